The van der Waals surface area contributed by atoms with Crippen molar-refractivity contribution in [2.75, 3.05) is 33.4 Å². The summed E-state index contributed by atoms with van der Waals surface area (Å²) >= 11 is 0. The predicted octanol–water partition coefficient (Wildman–Crippen LogP) is 3.69. The summed E-state index contributed by atoms with van der Waals surface area (Å²) in [5.41, 5.74) is 0. The second-order valence-corrected chi connectivity index (χ2v) is 6.78. The molecule has 22 heavy (non-hydrogen) atoms. The van der Waals surface area contributed by atoms with Crippen molar-refractivity contribution in [1.82, 2.24) is 4.90 Å². The predicted molar refractivity (Wildman–Crippen MR) is 92.8 cm³/mol. The lowest BCUT2D eigenvalue weighted by Crippen LogP contribution is -2.10. The molecule has 0 aromatic rings. The Balaban J connectivity index is 0.000000604. The van der Waals surface area contributed by atoms with Crippen LogP contribution in [0.3, 0.4) is 0 Å². The fraction of sp³-hybridized carbons (Fsp3) is 1.00. The highest BCUT2D eigenvalue weighted by Gasteiger charge is 2.06. The molecule has 0 bridgehead atoms. The number of rotatable bonds is 11. The lowest BCUT2D eigenvalue weighted by atomic mass is 10.1. The first-order valence-electron chi connectivity index (χ1n) is 8.71. The van der Waals surface area contributed by atoms with Crippen LogP contribution in [0.1, 0.15) is 65.2 Å². The quantitative estimate of drug-likeness (QED) is 0.445. The number of hydrogen-bond acceptors (Lipinski definition) is 5. The zero-order chi connectivity index (χ0) is 16.6. The molecule has 0 aromatic carbocycles. The first-order valence-corrected chi connectivity index (χ1v) is 9.84. The van der Waals surface area contributed by atoms with E-state index < -0.39 is 8.60 Å². The van der Waals surface area contributed by atoms with Crippen LogP contribution in [-0.4, -0.2) is 54.4 Å². The molecule has 1 heterocycles. The van der Waals surface area contributed by atoms with Gasteiger partial charge in [0.1, 0.15) is 0 Å². The van der Waals surface area contributed by atoms with Crippen molar-refractivity contribution in [3.8, 4) is 0 Å². The van der Waals surface area contributed by atoms with E-state index >= 15 is 0 Å². The SMILES string of the molecule is CCCCC(O)CCCCOP(O)OCC.CN1CCCC1. The van der Waals surface area contributed by atoms with Crippen LogP contribution in [0.15, 0.2) is 0 Å². The molecule has 1 aliphatic rings. The Morgan fingerprint density at radius 1 is 1.05 bits per heavy atom. The molecule has 2 atom stereocenters. The fourth-order valence-electron chi connectivity index (χ4n) is 2.23. The van der Waals surface area contributed by atoms with Gasteiger partial charge in [0, 0.05) is 0 Å². The van der Waals surface area contributed by atoms with Crippen LogP contribution in [0, 0.1) is 0 Å². The summed E-state index contributed by atoms with van der Waals surface area (Å²) in [6, 6.07) is 0. The second-order valence-electron chi connectivity index (χ2n) is 5.79. The van der Waals surface area contributed by atoms with Crippen LogP contribution in [0.5, 0.6) is 0 Å². The summed E-state index contributed by atoms with van der Waals surface area (Å²) in [4.78, 5) is 11.5. The minimum Gasteiger partial charge on any atom is -0.393 e. The van der Waals surface area contributed by atoms with Crippen molar-refractivity contribution in [2.24, 2.45) is 0 Å². The van der Waals surface area contributed by atoms with Crippen molar-refractivity contribution in [1.29, 1.82) is 0 Å². The zero-order valence-electron chi connectivity index (χ0n) is 14.7. The van der Waals surface area contributed by atoms with Crippen LogP contribution in [0.25, 0.3) is 0 Å². The van der Waals surface area contributed by atoms with Gasteiger partial charge < -0.3 is 23.9 Å². The molecule has 1 rings (SSSR count). The van der Waals surface area contributed by atoms with Gasteiger partial charge in [0.2, 0.25) is 0 Å². The molecule has 2 unspecified atom stereocenters. The Bertz CT molecular complexity index is 228. The van der Waals surface area contributed by atoms with E-state index in [9.17, 15) is 5.11 Å². The van der Waals surface area contributed by atoms with Gasteiger partial charge in [-0.25, -0.2) is 0 Å². The van der Waals surface area contributed by atoms with E-state index in [2.05, 4.69) is 18.9 Å². The highest BCUT2D eigenvalue weighted by molar-refractivity contribution is 7.40. The van der Waals surface area contributed by atoms with E-state index in [1.165, 1.54) is 25.9 Å². The first kappa shape index (κ1) is 22.2. The van der Waals surface area contributed by atoms with Crippen LogP contribution in [0.2, 0.25) is 0 Å². The van der Waals surface area contributed by atoms with Crippen molar-refractivity contribution < 1.29 is 19.0 Å². The van der Waals surface area contributed by atoms with Crippen LogP contribution < -0.4 is 0 Å². The Morgan fingerprint density at radius 3 is 2.18 bits per heavy atom. The van der Waals surface area contributed by atoms with Gasteiger partial charge in [-0.1, -0.05) is 19.8 Å². The second kappa shape index (κ2) is 16.1. The third-order valence-corrected chi connectivity index (χ3v) is 4.48. The fourth-order valence-corrected chi connectivity index (χ4v) is 2.81. The van der Waals surface area contributed by atoms with Crippen molar-refractivity contribution in [3.63, 3.8) is 0 Å². The van der Waals surface area contributed by atoms with Crippen LogP contribution in [-0.2, 0) is 9.05 Å². The lowest BCUT2D eigenvalue weighted by Gasteiger charge is -2.11. The van der Waals surface area contributed by atoms with Gasteiger partial charge in [0.25, 0.3) is 0 Å². The van der Waals surface area contributed by atoms with Gasteiger partial charge in [-0.15, -0.1) is 0 Å². The minimum atomic E-state index is -1.68. The Morgan fingerprint density at radius 2 is 1.68 bits per heavy atom. The molecule has 2 N–H and O–H groups in total. The Kier molecular flexibility index (Phi) is 16.3. The molecule has 0 spiro atoms. The molecule has 0 aliphatic carbocycles. The van der Waals surface area contributed by atoms with E-state index in [0.717, 1.165) is 38.5 Å². The van der Waals surface area contributed by atoms with E-state index in [-0.39, 0.29) is 6.10 Å². The maximum Gasteiger partial charge on any atom is 0.329 e. The molecular weight excluding hydrogens is 301 g/mol. The molecule has 0 aromatic heterocycles. The molecule has 1 aliphatic heterocycles. The average molecular weight is 337 g/mol. The molecule has 5 nitrogen and oxygen atoms in total. The van der Waals surface area contributed by atoms with E-state index in [1.54, 1.807) is 0 Å². The van der Waals surface area contributed by atoms with E-state index in [4.69, 9.17) is 13.9 Å². The van der Waals surface area contributed by atoms with E-state index in [1.807, 2.05) is 6.92 Å². The molecule has 0 amide bonds. The maximum atomic E-state index is 9.56. The number of aliphatic hydroxyl groups excluding tert-OH is 1. The minimum absolute atomic E-state index is 0.178. The van der Waals surface area contributed by atoms with Gasteiger partial charge in [0.05, 0.1) is 19.3 Å². The first-order chi connectivity index (χ1) is 10.6. The molecular formula is C16H36NO4P. The third kappa shape index (κ3) is 15.1. The molecule has 1 saturated heterocycles. The smallest absolute Gasteiger partial charge is 0.329 e. The topological polar surface area (TPSA) is 62.2 Å². The van der Waals surface area contributed by atoms with Crippen LogP contribution in [0.4, 0.5) is 0 Å². The Hall–Kier alpha value is 0.230. The summed E-state index contributed by atoms with van der Waals surface area (Å²) in [7, 11) is 0.489. The summed E-state index contributed by atoms with van der Waals surface area (Å²) in [6.07, 6.45) is 8.36. The van der Waals surface area contributed by atoms with Gasteiger partial charge in [-0.2, -0.15) is 0 Å². The molecule has 134 valence electrons. The molecule has 0 saturated carbocycles. The van der Waals surface area contributed by atoms with E-state index in [0.29, 0.717) is 13.2 Å². The number of hydrogen-bond donors (Lipinski definition) is 2. The molecule has 6 heteroatoms. The Labute approximate surface area is 138 Å². The van der Waals surface area contributed by atoms with Gasteiger partial charge in [0.15, 0.2) is 0 Å². The maximum absolute atomic E-state index is 9.56. The summed E-state index contributed by atoms with van der Waals surface area (Å²) in [5, 5.41) is 9.56. The monoisotopic (exact) mass is 337 g/mol. The zero-order valence-corrected chi connectivity index (χ0v) is 15.6. The van der Waals surface area contributed by atoms with Crippen molar-refractivity contribution in [3.05, 3.63) is 0 Å². The largest absolute Gasteiger partial charge is 0.393 e. The summed E-state index contributed by atoms with van der Waals surface area (Å²) < 4.78 is 9.93. The van der Waals surface area contributed by atoms with Crippen LogP contribution >= 0.6 is 8.60 Å². The van der Waals surface area contributed by atoms with Gasteiger partial charge >= 0.3 is 8.60 Å². The number of unbranched alkanes of at least 4 members (excludes halogenated alkanes) is 2. The normalized spacial score (nSPS) is 17.9. The number of nitrogens with zero attached hydrogens (tertiary/aromatic N) is 1. The average Bonchev–Trinajstić information content (AvgIpc) is 2.97. The summed E-state index contributed by atoms with van der Waals surface area (Å²) in [5.74, 6) is 0. The van der Waals surface area contributed by atoms with Crippen molar-refractivity contribution in [2.45, 2.75) is 71.3 Å². The highest BCUT2D eigenvalue weighted by atomic mass is 31.2. The molecule has 0 radical (unpaired) electrons. The lowest BCUT2D eigenvalue weighted by molar-refractivity contribution is 0.144. The summed E-state index contributed by atoms with van der Waals surface area (Å²) in [6.45, 7) is 7.55. The third-order valence-electron chi connectivity index (χ3n) is 3.59. The number of likely N-dealkylation sites (tertiary alicyclic amines) is 1. The standard InChI is InChI=1S/C11H25O4P.C5H11N/c1-3-5-8-11(12)9-6-7-10-15-16(13)14-4-2;1-6-4-2-3-5-6/h11-13H,3-10H2,1-2H3;2-5H2,1H3. The van der Waals surface area contributed by atoms with Crippen molar-refractivity contribution >= 4 is 8.60 Å². The van der Waals surface area contributed by atoms with Gasteiger partial charge in [-0.05, 0) is 65.6 Å². The highest BCUT2D eigenvalue weighted by Crippen LogP contribution is 2.32. The number of aliphatic hydroxyl groups is 1. The molecule has 1 fully saturated rings. The van der Waals surface area contributed by atoms with Gasteiger partial charge in [-0.3, -0.25) is 0 Å².